The van der Waals surface area contributed by atoms with E-state index in [2.05, 4.69) is 26.6 Å². The number of carbonyl (C=O) groups is 3. The third-order valence-corrected chi connectivity index (χ3v) is 5.33. The maximum Gasteiger partial charge on any atom is 0.325 e. The third-order valence-electron chi connectivity index (χ3n) is 4.44. The summed E-state index contributed by atoms with van der Waals surface area (Å²) in [6.07, 6.45) is 0. The first-order valence-electron chi connectivity index (χ1n) is 8.17. The van der Waals surface area contributed by atoms with Crippen LogP contribution in [-0.2, 0) is 15.1 Å². The lowest BCUT2D eigenvalue weighted by Crippen LogP contribution is -2.42. The average Bonchev–Trinajstić information content (AvgIpc) is 2.83. The second kappa shape index (κ2) is 7.11. The van der Waals surface area contributed by atoms with E-state index in [1.807, 2.05) is 6.92 Å². The zero-order valence-electron chi connectivity index (χ0n) is 14.7. The Hall–Kier alpha value is -2.74. The van der Waals surface area contributed by atoms with Crippen LogP contribution in [-0.4, -0.2) is 29.3 Å². The molecule has 1 heterocycles. The van der Waals surface area contributed by atoms with Gasteiger partial charge in [0.15, 0.2) is 0 Å². The molecule has 8 heteroatoms. The SMILES string of the molecule is Cc1cc(NC(=O)CN2C(=O)N[C@](C)(c3ccc(F)cc3)C2=O)ccc1Br. The van der Waals surface area contributed by atoms with Gasteiger partial charge in [0.1, 0.15) is 17.9 Å². The van der Waals surface area contributed by atoms with E-state index in [4.69, 9.17) is 0 Å². The van der Waals surface area contributed by atoms with Crippen LogP contribution >= 0.6 is 15.9 Å². The summed E-state index contributed by atoms with van der Waals surface area (Å²) in [7, 11) is 0. The zero-order valence-corrected chi connectivity index (χ0v) is 16.3. The van der Waals surface area contributed by atoms with Crippen LogP contribution in [0, 0.1) is 12.7 Å². The van der Waals surface area contributed by atoms with Crippen molar-refractivity contribution in [3.8, 4) is 0 Å². The molecule has 1 aliphatic heterocycles. The van der Waals surface area contributed by atoms with Crippen LogP contribution in [0.1, 0.15) is 18.1 Å². The normalized spacial score (nSPS) is 19.2. The minimum absolute atomic E-state index is 0.420. The number of amides is 4. The maximum absolute atomic E-state index is 13.1. The fourth-order valence-electron chi connectivity index (χ4n) is 2.89. The van der Waals surface area contributed by atoms with Crippen LogP contribution in [0.25, 0.3) is 0 Å². The molecule has 0 radical (unpaired) electrons. The first-order chi connectivity index (χ1) is 12.7. The molecule has 1 aliphatic rings. The van der Waals surface area contributed by atoms with Crippen LogP contribution < -0.4 is 10.6 Å². The lowest BCUT2D eigenvalue weighted by atomic mass is 9.92. The molecule has 0 bridgehead atoms. The molecule has 1 atom stereocenters. The highest BCUT2D eigenvalue weighted by atomic mass is 79.9. The van der Waals surface area contributed by atoms with Gasteiger partial charge >= 0.3 is 6.03 Å². The molecule has 6 nitrogen and oxygen atoms in total. The molecule has 0 spiro atoms. The summed E-state index contributed by atoms with van der Waals surface area (Å²) in [5, 5.41) is 5.25. The van der Waals surface area contributed by atoms with E-state index in [-0.39, 0.29) is 0 Å². The second-order valence-electron chi connectivity index (χ2n) is 6.47. The van der Waals surface area contributed by atoms with Gasteiger partial charge < -0.3 is 10.6 Å². The highest BCUT2D eigenvalue weighted by Gasteiger charge is 2.49. The molecule has 3 rings (SSSR count). The van der Waals surface area contributed by atoms with Gasteiger partial charge in [0.05, 0.1) is 0 Å². The summed E-state index contributed by atoms with van der Waals surface area (Å²) in [5.74, 6) is -1.51. The number of urea groups is 1. The van der Waals surface area contributed by atoms with Gasteiger partial charge in [-0.05, 0) is 55.3 Å². The smallest absolute Gasteiger partial charge is 0.325 e. The van der Waals surface area contributed by atoms with E-state index < -0.39 is 35.7 Å². The van der Waals surface area contributed by atoms with Crippen molar-refractivity contribution in [1.29, 1.82) is 0 Å². The average molecular weight is 434 g/mol. The number of aryl methyl sites for hydroxylation is 1. The van der Waals surface area contributed by atoms with E-state index in [9.17, 15) is 18.8 Å². The molecule has 1 fully saturated rings. The van der Waals surface area contributed by atoms with Crippen LogP contribution in [0.4, 0.5) is 14.9 Å². The number of benzene rings is 2. The standard InChI is InChI=1S/C19H17BrFN3O3/c1-11-9-14(7-8-15(11)20)22-16(25)10-24-17(26)19(2,23-18(24)27)12-3-5-13(21)6-4-12/h3-9H,10H2,1-2H3,(H,22,25)(H,23,27)/t19-/m1/s1. The van der Waals surface area contributed by atoms with Crippen molar-refractivity contribution in [2.75, 3.05) is 11.9 Å². The number of carbonyl (C=O) groups excluding carboxylic acids is 3. The summed E-state index contributed by atoms with van der Waals surface area (Å²) >= 11 is 3.38. The number of halogens is 2. The van der Waals surface area contributed by atoms with E-state index in [0.29, 0.717) is 11.3 Å². The summed E-state index contributed by atoms with van der Waals surface area (Å²) in [4.78, 5) is 38.2. The first kappa shape index (κ1) is 19.0. The van der Waals surface area contributed by atoms with Crippen LogP contribution in [0.15, 0.2) is 46.9 Å². The van der Waals surface area contributed by atoms with Crippen LogP contribution in [0.2, 0.25) is 0 Å². The number of rotatable bonds is 4. The fourth-order valence-corrected chi connectivity index (χ4v) is 3.13. The largest absolute Gasteiger partial charge is 0.325 e. The van der Waals surface area contributed by atoms with Crippen molar-refractivity contribution in [3.05, 3.63) is 63.9 Å². The van der Waals surface area contributed by atoms with Crippen molar-refractivity contribution in [2.45, 2.75) is 19.4 Å². The van der Waals surface area contributed by atoms with Crippen molar-refractivity contribution < 1.29 is 18.8 Å². The molecule has 0 unspecified atom stereocenters. The van der Waals surface area contributed by atoms with Gasteiger partial charge in [-0.25, -0.2) is 9.18 Å². The van der Waals surface area contributed by atoms with E-state index >= 15 is 0 Å². The molecule has 140 valence electrons. The zero-order chi connectivity index (χ0) is 19.8. The van der Waals surface area contributed by atoms with Crippen molar-refractivity contribution in [3.63, 3.8) is 0 Å². The van der Waals surface area contributed by atoms with Crippen molar-refractivity contribution >= 4 is 39.5 Å². The Balaban J connectivity index is 1.74. The Labute approximate surface area is 163 Å². The van der Waals surface area contributed by atoms with E-state index in [0.717, 1.165) is 14.9 Å². The third kappa shape index (κ3) is 3.71. The molecule has 2 aromatic rings. The number of anilines is 1. The number of hydrogen-bond donors (Lipinski definition) is 2. The van der Waals surface area contributed by atoms with Crippen LogP contribution in [0.3, 0.4) is 0 Å². The predicted octanol–water partition coefficient (Wildman–Crippen LogP) is 3.30. The highest BCUT2D eigenvalue weighted by molar-refractivity contribution is 9.10. The molecule has 27 heavy (non-hydrogen) atoms. The topological polar surface area (TPSA) is 78.5 Å². The number of hydrogen-bond acceptors (Lipinski definition) is 3. The minimum atomic E-state index is -1.35. The van der Waals surface area contributed by atoms with E-state index in [1.54, 1.807) is 18.2 Å². The van der Waals surface area contributed by atoms with Crippen LogP contribution in [0.5, 0.6) is 0 Å². The molecule has 0 aromatic heterocycles. The summed E-state index contributed by atoms with van der Waals surface area (Å²) in [5.41, 5.74) is 0.591. The van der Waals surface area contributed by atoms with Gasteiger partial charge in [-0.1, -0.05) is 28.1 Å². The minimum Gasteiger partial charge on any atom is -0.325 e. The first-order valence-corrected chi connectivity index (χ1v) is 8.96. The number of nitrogens with one attached hydrogen (secondary N) is 2. The van der Waals surface area contributed by atoms with Gasteiger partial charge in [-0.3, -0.25) is 14.5 Å². The molecule has 1 saturated heterocycles. The molecule has 2 aromatic carbocycles. The van der Waals surface area contributed by atoms with Gasteiger partial charge in [0, 0.05) is 10.2 Å². The lowest BCUT2D eigenvalue weighted by Gasteiger charge is -2.22. The monoisotopic (exact) mass is 433 g/mol. The van der Waals surface area contributed by atoms with Gasteiger partial charge in [-0.2, -0.15) is 0 Å². The Morgan fingerprint density at radius 2 is 1.89 bits per heavy atom. The highest BCUT2D eigenvalue weighted by Crippen LogP contribution is 2.29. The molecular weight excluding hydrogens is 417 g/mol. The Morgan fingerprint density at radius 1 is 1.22 bits per heavy atom. The Morgan fingerprint density at radius 3 is 2.52 bits per heavy atom. The fraction of sp³-hybridized carbons (Fsp3) is 0.211. The number of nitrogens with zero attached hydrogens (tertiary/aromatic N) is 1. The molecule has 4 amide bonds. The molecule has 2 N–H and O–H groups in total. The summed E-state index contributed by atoms with van der Waals surface area (Å²) < 4.78 is 14.0. The van der Waals surface area contributed by atoms with E-state index in [1.165, 1.54) is 31.2 Å². The predicted molar refractivity (Wildman–Crippen MR) is 102 cm³/mol. The summed E-state index contributed by atoms with van der Waals surface area (Å²) in [6.45, 7) is 2.98. The summed E-state index contributed by atoms with van der Waals surface area (Å²) in [6, 6.07) is 9.90. The maximum atomic E-state index is 13.1. The number of imide groups is 1. The molecule has 0 saturated carbocycles. The van der Waals surface area contributed by atoms with Gasteiger partial charge in [0.2, 0.25) is 5.91 Å². The van der Waals surface area contributed by atoms with Crippen molar-refractivity contribution in [1.82, 2.24) is 10.2 Å². The Bertz CT molecular complexity index is 932. The lowest BCUT2D eigenvalue weighted by molar-refractivity contribution is -0.133. The second-order valence-corrected chi connectivity index (χ2v) is 7.32. The van der Waals surface area contributed by atoms with Crippen molar-refractivity contribution in [2.24, 2.45) is 0 Å². The molecular formula is C19H17BrFN3O3. The molecule has 0 aliphatic carbocycles. The quantitative estimate of drug-likeness (QED) is 0.725. The van der Waals surface area contributed by atoms with Gasteiger partial charge in [-0.15, -0.1) is 0 Å². The van der Waals surface area contributed by atoms with Gasteiger partial charge in [0.25, 0.3) is 5.91 Å². The Kier molecular flexibility index (Phi) is 5.01.